The quantitative estimate of drug-likeness (QED) is 0.403. The van der Waals surface area contributed by atoms with Crippen molar-refractivity contribution in [2.24, 2.45) is 0 Å². The van der Waals surface area contributed by atoms with Crippen LogP contribution in [0.5, 0.6) is 0 Å². The van der Waals surface area contributed by atoms with Gasteiger partial charge in [-0.2, -0.15) is 5.10 Å². The van der Waals surface area contributed by atoms with Crippen LogP contribution in [0.1, 0.15) is 18.4 Å². The molecule has 1 saturated carbocycles. The maximum Gasteiger partial charge on any atom is 0.183 e. The molecule has 0 saturated heterocycles. The largest absolute Gasteiger partial charge is 0.366 e. The first-order chi connectivity index (χ1) is 16.3. The number of sulfone groups is 1. The van der Waals surface area contributed by atoms with Crippen molar-refractivity contribution in [3.63, 3.8) is 0 Å². The van der Waals surface area contributed by atoms with Gasteiger partial charge in [-0.05, 0) is 25.0 Å². The fourth-order valence-electron chi connectivity index (χ4n) is 3.66. The zero-order chi connectivity index (χ0) is 23.9. The van der Waals surface area contributed by atoms with E-state index in [0.29, 0.717) is 35.5 Å². The molecule has 0 unspecified atom stereocenters. The Balaban J connectivity index is 1.48. The van der Waals surface area contributed by atoms with Crippen LogP contribution < -0.4 is 5.32 Å². The minimum Gasteiger partial charge on any atom is -0.366 e. The second kappa shape index (κ2) is 8.28. The van der Waals surface area contributed by atoms with E-state index in [9.17, 15) is 17.2 Å². The number of nitrogens with zero attached hydrogens (tertiary/aromatic N) is 5. The molecule has 1 fully saturated rings. The Kier molecular flexibility index (Phi) is 5.39. The van der Waals surface area contributed by atoms with E-state index in [2.05, 4.69) is 25.5 Å². The highest BCUT2D eigenvalue weighted by Crippen LogP contribution is 2.43. The van der Waals surface area contributed by atoms with E-state index in [-0.39, 0.29) is 30.5 Å². The van der Waals surface area contributed by atoms with Gasteiger partial charge in [-0.1, -0.05) is 23.4 Å². The lowest BCUT2D eigenvalue weighted by molar-refractivity contribution is 0.421. The van der Waals surface area contributed by atoms with Gasteiger partial charge in [0.1, 0.15) is 23.5 Å². The number of benzene rings is 1. The highest BCUT2D eigenvalue weighted by molar-refractivity contribution is 7.92. The molecular weight excluding hydrogens is 466 g/mol. The fourth-order valence-corrected chi connectivity index (χ4v) is 4.84. The maximum absolute atomic E-state index is 14.4. The molecule has 9 nitrogen and oxygen atoms in total. The third-order valence-corrected chi connectivity index (χ3v) is 8.03. The number of aromatic nitrogens is 5. The molecular formula is C22H20F2N6O3S. The highest BCUT2D eigenvalue weighted by atomic mass is 32.2. The first kappa shape index (κ1) is 22.1. The van der Waals surface area contributed by atoms with Crippen LogP contribution in [0.15, 0.2) is 53.4 Å². The van der Waals surface area contributed by atoms with Gasteiger partial charge in [-0.25, -0.2) is 27.2 Å². The van der Waals surface area contributed by atoms with Crippen molar-refractivity contribution in [1.82, 2.24) is 24.9 Å². The molecule has 176 valence electrons. The summed E-state index contributed by atoms with van der Waals surface area (Å²) in [5.74, 6) is -1.10. The van der Waals surface area contributed by atoms with Crippen LogP contribution in [-0.4, -0.2) is 50.9 Å². The number of nitrogens with one attached hydrogen (secondary N) is 1. The van der Waals surface area contributed by atoms with Gasteiger partial charge >= 0.3 is 0 Å². The van der Waals surface area contributed by atoms with Gasteiger partial charge in [-0.3, -0.25) is 4.68 Å². The molecule has 3 aromatic heterocycles. The topological polar surface area (TPSA) is 116 Å². The van der Waals surface area contributed by atoms with Crippen LogP contribution in [0.2, 0.25) is 0 Å². The summed E-state index contributed by atoms with van der Waals surface area (Å²) in [5, 5.41) is 11.2. The Hall–Kier alpha value is -3.67. The van der Waals surface area contributed by atoms with Crippen molar-refractivity contribution in [1.29, 1.82) is 0 Å². The zero-order valence-electron chi connectivity index (χ0n) is 18.1. The van der Waals surface area contributed by atoms with E-state index in [1.807, 2.05) is 0 Å². The summed E-state index contributed by atoms with van der Waals surface area (Å²) in [6, 6.07) is 9.62. The van der Waals surface area contributed by atoms with Crippen molar-refractivity contribution in [2.45, 2.75) is 24.1 Å². The Bertz CT molecular complexity index is 1450. The maximum atomic E-state index is 14.4. The van der Waals surface area contributed by atoms with Crippen LogP contribution in [0, 0.1) is 11.6 Å². The van der Waals surface area contributed by atoms with Crippen LogP contribution in [0.3, 0.4) is 0 Å². The SMILES string of the molecule is CS(=O)(=O)C1(CNc2nc(-c3cc(-c4ccon4)n(Cc4ccccc4F)n3)ncc2F)CC1. The van der Waals surface area contributed by atoms with Gasteiger partial charge in [0.05, 0.1) is 23.2 Å². The lowest BCUT2D eigenvalue weighted by atomic mass is 10.2. The smallest absolute Gasteiger partial charge is 0.183 e. The van der Waals surface area contributed by atoms with Gasteiger partial charge in [0.25, 0.3) is 0 Å². The van der Waals surface area contributed by atoms with Crippen molar-refractivity contribution >= 4 is 15.7 Å². The lowest BCUT2D eigenvalue weighted by Crippen LogP contribution is -2.30. The van der Waals surface area contributed by atoms with E-state index in [1.54, 1.807) is 30.3 Å². The molecule has 1 aromatic carbocycles. The summed E-state index contributed by atoms with van der Waals surface area (Å²) in [7, 11) is -3.29. The zero-order valence-corrected chi connectivity index (χ0v) is 18.9. The van der Waals surface area contributed by atoms with Crippen molar-refractivity contribution in [3.8, 4) is 22.9 Å². The van der Waals surface area contributed by atoms with E-state index in [0.717, 1.165) is 6.20 Å². The summed E-state index contributed by atoms with van der Waals surface area (Å²) in [6.45, 7) is 0.156. The summed E-state index contributed by atoms with van der Waals surface area (Å²) >= 11 is 0. The molecule has 4 aromatic rings. The first-order valence-corrected chi connectivity index (χ1v) is 12.3. The third-order valence-electron chi connectivity index (χ3n) is 5.90. The standard InChI is InChI=1S/C22H20F2N6O3S/c1-34(31,32)22(7-8-22)13-26-20-16(24)11-25-21(27-20)18-10-19(17-6-9-33-29-17)30(28-18)12-14-4-2-3-5-15(14)23/h2-6,9-11H,7-8,12-13H2,1H3,(H,25,26,27). The molecule has 1 aliphatic rings. The molecule has 0 bridgehead atoms. The molecule has 1 N–H and O–H groups in total. The molecule has 12 heteroatoms. The first-order valence-electron chi connectivity index (χ1n) is 10.4. The molecule has 0 amide bonds. The number of anilines is 1. The molecule has 0 atom stereocenters. The molecule has 1 aliphatic carbocycles. The second-order valence-corrected chi connectivity index (χ2v) is 10.7. The van der Waals surface area contributed by atoms with Gasteiger partial charge in [0.2, 0.25) is 0 Å². The number of hydrogen-bond donors (Lipinski definition) is 1. The normalized spacial score (nSPS) is 14.8. The van der Waals surface area contributed by atoms with Gasteiger partial charge in [0, 0.05) is 24.4 Å². The molecule has 3 heterocycles. The lowest BCUT2D eigenvalue weighted by Gasteiger charge is -2.14. The van der Waals surface area contributed by atoms with E-state index in [4.69, 9.17) is 4.52 Å². The van der Waals surface area contributed by atoms with Crippen LogP contribution >= 0.6 is 0 Å². The molecule has 0 radical (unpaired) electrons. The second-order valence-electron chi connectivity index (χ2n) is 8.25. The molecule has 0 aliphatic heterocycles. The van der Waals surface area contributed by atoms with E-state index >= 15 is 0 Å². The Labute approximate surface area is 193 Å². The number of hydrogen-bond acceptors (Lipinski definition) is 8. The van der Waals surface area contributed by atoms with Crippen molar-refractivity contribution in [2.75, 3.05) is 18.1 Å². The predicted octanol–water partition coefficient (Wildman–Crippen LogP) is 3.31. The Morgan fingerprint density at radius 3 is 2.62 bits per heavy atom. The van der Waals surface area contributed by atoms with Crippen LogP contribution in [0.4, 0.5) is 14.6 Å². The average Bonchev–Trinajstić information content (AvgIpc) is 3.22. The minimum atomic E-state index is -3.29. The Morgan fingerprint density at radius 2 is 1.94 bits per heavy atom. The van der Waals surface area contributed by atoms with Gasteiger partial charge in [0.15, 0.2) is 27.3 Å². The monoisotopic (exact) mass is 486 g/mol. The summed E-state index contributed by atoms with van der Waals surface area (Å²) in [6.07, 6.45) is 4.61. The van der Waals surface area contributed by atoms with Gasteiger partial charge in [-0.15, -0.1) is 0 Å². The summed E-state index contributed by atoms with van der Waals surface area (Å²) < 4.78 is 58.3. The van der Waals surface area contributed by atoms with E-state index in [1.165, 1.54) is 23.3 Å². The molecule has 5 rings (SSSR count). The number of halogens is 2. The molecule has 34 heavy (non-hydrogen) atoms. The van der Waals surface area contributed by atoms with Crippen molar-refractivity contribution < 1.29 is 21.7 Å². The average molecular weight is 487 g/mol. The molecule has 0 spiro atoms. The predicted molar refractivity (Wildman–Crippen MR) is 120 cm³/mol. The fraction of sp³-hybridized carbons (Fsp3) is 0.273. The summed E-state index contributed by atoms with van der Waals surface area (Å²) in [5.41, 5.74) is 1.73. The van der Waals surface area contributed by atoms with Crippen molar-refractivity contribution in [3.05, 3.63) is 66.1 Å². The van der Waals surface area contributed by atoms with Gasteiger partial charge < -0.3 is 9.84 Å². The third kappa shape index (κ3) is 4.16. The minimum absolute atomic E-state index is 0.0467. The van der Waals surface area contributed by atoms with Crippen LogP contribution in [-0.2, 0) is 16.4 Å². The van der Waals surface area contributed by atoms with E-state index < -0.39 is 20.4 Å². The highest BCUT2D eigenvalue weighted by Gasteiger charge is 2.52. The van der Waals surface area contributed by atoms with Crippen LogP contribution in [0.25, 0.3) is 22.9 Å². The summed E-state index contributed by atoms with van der Waals surface area (Å²) in [4.78, 5) is 8.27. The number of rotatable bonds is 8. The Morgan fingerprint density at radius 1 is 1.15 bits per heavy atom.